The van der Waals surface area contributed by atoms with Gasteiger partial charge in [0.25, 0.3) is 5.91 Å². The van der Waals surface area contributed by atoms with Crippen LogP contribution in [0.2, 0.25) is 0 Å². The van der Waals surface area contributed by atoms with Crippen molar-refractivity contribution in [3.8, 4) is 28.7 Å². The van der Waals surface area contributed by atoms with Crippen LogP contribution in [-0.2, 0) is 0 Å². The minimum atomic E-state index is -0.0970. The second kappa shape index (κ2) is 8.37. The van der Waals surface area contributed by atoms with Crippen LogP contribution in [0.25, 0.3) is 11.1 Å². The van der Waals surface area contributed by atoms with Crippen LogP contribution in [0.5, 0.6) is 5.75 Å². The first kappa shape index (κ1) is 17.8. The summed E-state index contributed by atoms with van der Waals surface area (Å²) < 4.78 is 5.19. The first-order valence-electron chi connectivity index (χ1n) is 8.24. The van der Waals surface area contributed by atoms with Gasteiger partial charge in [-0.1, -0.05) is 42.2 Å². The smallest absolute Gasteiger partial charge is 0.262 e. The van der Waals surface area contributed by atoms with E-state index in [-0.39, 0.29) is 5.91 Å². The lowest BCUT2D eigenvalue weighted by atomic mass is 10.1. The van der Waals surface area contributed by atoms with Crippen LogP contribution in [0.15, 0.2) is 60.7 Å². The highest BCUT2D eigenvalue weighted by atomic mass is 32.1. The Morgan fingerprint density at radius 2 is 1.85 bits per heavy atom. The standard InChI is InChI=1S/C22H19NO2S/c1-16-20(18-10-12-19(25-2)13-11-18)15-21(26-16)22(24)23-14-6-9-17-7-4-3-5-8-17/h3-5,7-8,10-13,15H,14H2,1-2H3,(H,23,24). The van der Waals surface area contributed by atoms with Crippen molar-refractivity contribution < 1.29 is 9.53 Å². The van der Waals surface area contributed by atoms with Gasteiger partial charge in [0.1, 0.15) is 5.75 Å². The van der Waals surface area contributed by atoms with Gasteiger partial charge >= 0.3 is 0 Å². The lowest BCUT2D eigenvalue weighted by molar-refractivity contribution is 0.0962. The Bertz CT molecular complexity index is 947. The number of amides is 1. The summed E-state index contributed by atoms with van der Waals surface area (Å²) in [5.74, 6) is 6.73. The van der Waals surface area contributed by atoms with Crippen LogP contribution >= 0.6 is 11.3 Å². The van der Waals surface area contributed by atoms with Crippen molar-refractivity contribution in [1.82, 2.24) is 5.32 Å². The third-order valence-corrected chi connectivity index (χ3v) is 4.94. The van der Waals surface area contributed by atoms with Crippen molar-refractivity contribution >= 4 is 17.2 Å². The summed E-state index contributed by atoms with van der Waals surface area (Å²) in [4.78, 5) is 14.2. The average molecular weight is 361 g/mol. The Hall–Kier alpha value is -3.03. The topological polar surface area (TPSA) is 38.3 Å². The van der Waals surface area contributed by atoms with Crippen LogP contribution in [0.3, 0.4) is 0 Å². The van der Waals surface area contributed by atoms with Crippen molar-refractivity contribution in [2.75, 3.05) is 13.7 Å². The number of carbonyl (C=O) groups is 1. The largest absolute Gasteiger partial charge is 0.497 e. The molecule has 3 rings (SSSR count). The molecule has 3 aromatic rings. The number of rotatable bonds is 4. The molecule has 0 bridgehead atoms. The van der Waals surface area contributed by atoms with Crippen LogP contribution in [0, 0.1) is 18.8 Å². The molecule has 0 atom stereocenters. The summed E-state index contributed by atoms with van der Waals surface area (Å²) >= 11 is 1.49. The van der Waals surface area contributed by atoms with Crippen LogP contribution in [-0.4, -0.2) is 19.6 Å². The molecular weight excluding hydrogens is 342 g/mol. The maximum Gasteiger partial charge on any atom is 0.262 e. The zero-order valence-corrected chi connectivity index (χ0v) is 15.5. The summed E-state index contributed by atoms with van der Waals surface area (Å²) in [5, 5.41) is 2.86. The number of ether oxygens (including phenoxy) is 1. The van der Waals surface area contributed by atoms with Gasteiger partial charge < -0.3 is 10.1 Å². The number of nitrogens with one attached hydrogen (secondary N) is 1. The summed E-state index contributed by atoms with van der Waals surface area (Å²) in [6.45, 7) is 2.35. The highest BCUT2D eigenvalue weighted by Gasteiger charge is 2.13. The molecule has 0 saturated heterocycles. The number of carbonyl (C=O) groups excluding carboxylic acids is 1. The average Bonchev–Trinajstić information content (AvgIpc) is 3.08. The molecule has 0 aliphatic rings. The molecule has 0 aliphatic heterocycles. The lowest BCUT2D eigenvalue weighted by Gasteiger charge is -2.02. The van der Waals surface area contributed by atoms with Crippen LogP contribution < -0.4 is 10.1 Å². The highest BCUT2D eigenvalue weighted by molar-refractivity contribution is 7.14. The zero-order chi connectivity index (χ0) is 18.4. The van der Waals surface area contributed by atoms with E-state index in [1.54, 1.807) is 7.11 Å². The van der Waals surface area contributed by atoms with Gasteiger partial charge in [-0.3, -0.25) is 4.79 Å². The van der Waals surface area contributed by atoms with E-state index in [2.05, 4.69) is 17.2 Å². The molecule has 0 radical (unpaired) electrons. The first-order chi connectivity index (χ1) is 12.7. The molecule has 130 valence electrons. The predicted molar refractivity (Wildman–Crippen MR) is 107 cm³/mol. The molecule has 0 aliphatic carbocycles. The fourth-order valence-corrected chi connectivity index (χ4v) is 3.49. The SMILES string of the molecule is COc1ccc(-c2cc(C(=O)NCC#Cc3ccccc3)sc2C)cc1. The van der Waals surface area contributed by atoms with Gasteiger partial charge in [0.15, 0.2) is 0 Å². The van der Waals surface area contributed by atoms with E-state index >= 15 is 0 Å². The van der Waals surface area contributed by atoms with Gasteiger partial charge in [-0.2, -0.15) is 0 Å². The Labute approximate surface area is 157 Å². The number of thiophene rings is 1. The van der Waals surface area contributed by atoms with E-state index in [4.69, 9.17) is 4.74 Å². The number of hydrogen-bond donors (Lipinski definition) is 1. The molecule has 1 N–H and O–H groups in total. The summed E-state index contributed by atoms with van der Waals surface area (Å²) in [5.41, 5.74) is 3.08. The van der Waals surface area contributed by atoms with Crippen molar-refractivity contribution in [1.29, 1.82) is 0 Å². The second-order valence-electron chi connectivity index (χ2n) is 5.66. The molecule has 0 spiro atoms. The number of benzene rings is 2. The van der Waals surface area contributed by atoms with Crippen molar-refractivity contribution in [2.24, 2.45) is 0 Å². The minimum Gasteiger partial charge on any atom is -0.497 e. The van der Waals surface area contributed by atoms with E-state index in [0.717, 1.165) is 27.3 Å². The summed E-state index contributed by atoms with van der Waals surface area (Å²) in [7, 11) is 1.65. The minimum absolute atomic E-state index is 0.0970. The lowest BCUT2D eigenvalue weighted by Crippen LogP contribution is -2.22. The molecule has 1 amide bonds. The van der Waals surface area contributed by atoms with Gasteiger partial charge in [-0.05, 0) is 48.4 Å². The summed E-state index contributed by atoms with van der Waals surface area (Å²) in [6, 6.07) is 19.5. The van der Waals surface area contributed by atoms with Crippen molar-refractivity contribution in [3.05, 3.63) is 76.0 Å². The van der Waals surface area contributed by atoms with Gasteiger partial charge in [-0.25, -0.2) is 0 Å². The molecule has 0 unspecified atom stereocenters. The van der Waals surface area contributed by atoms with Gasteiger partial charge in [-0.15, -0.1) is 11.3 Å². The van der Waals surface area contributed by atoms with Gasteiger partial charge in [0.05, 0.1) is 18.5 Å². The third kappa shape index (κ3) is 4.33. The molecule has 4 heteroatoms. The van der Waals surface area contributed by atoms with E-state index in [9.17, 15) is 4.79 Å². The van der Waals surface area contributed by atoms with Gasteiger partial charge in [0.2, 0.25) is 0 Å². The van der Waals surface area contributed by atoms with Crippen LogP contribution in [0.1, 0.15) is 20.1 Å². The zero-order valence-electron chi connectivity index (χ0n) is 14.7. The first-order valence-corrected chi connectivity index (χ1v) is 9.06. The normalized spacial score (nSPS) is 9.92. The number of hydrogen-bond acceptors (Lipinski definition) is 3. The molecular formula is C22H19NO2S. The van der Waals surface area contributed by atoms with E-state index < -0.39 is 0 Å². The van der Waals surface area contributed by atoms with E-state index in [0.29, 0.717) is 11.4 Å². The molecule has 26 heavy (non-hydrogen) atoms. The molecule has 3 nitrogen and oxygen atoms in total. The fourth-order valence-electron chi connectivity index (χ4n) is 2.53. The summed E-state index contributed by atoms with van der Waals surface area (Å²) in [6.07, 6.45) is 0. The van der Waals surface area contributed by atoms with E-state index in [1.165, 1.54) is 11.3 Å². The molecule has 0 saturated carbocycles. The number of aryl methyl sites for hydroxylation is 1. The molecule has 0 fully saturated rings. The second-order valence-corrected chi connectivity index (χ2v) is 6.92. The van der Waals surface area contributed by atoms with Gasteiger partial charge in [0, 0.05) is 10.4 Å². The Kier molecular flexibility index (Phi) is 5.73. The fraction of sp³-hybridized carbons (Fsp3) is 0.136. The Morgan fingerprint density at radius 3 is 2.54 bits per heavy atom. The highest BCUT2D eigenvalue weighted by Crippen LogP contribution is 2.31. The predicted octanol–water partition coefficient (Wildman–Crippen LogP) is 4.51. The quantitative estimate of drug-likeness (QED) is 0.694. The monoisotopic (exact) mass is 361 g/mol. The maximum atomic E-state index is 12.4. The van der Waals surface area contributed by atoms with E-state index in [1.807, 2.05) is 67.6 Å². The molecule has 1 heterocycles. The molecule has 1 aromatic heterocycles. The van der Waals surface area contributed by atoms with Crippen LogP contribution in [0.4, 0.5) is 0 Å². The Morgan fingerprint density at radius 1 is 1.12 bits per heavy atom. The van der Waals surface area contributed by atoms with Crippen molar-refractivity contribution in [2.45, 2.75) is 6.92 Å². The Balaban J connectivity index is 1.66. The number of methoxy groups -OCH3 is 1. The molecule has 2 aromatic carbocycles. The third-order valence-electron chi connectivity index (χ3n) is 3.89. The van der Waals surface area contributed by atoms with Crippen molar-refractivity contribution in [3.63, 3.8) is 0 Å². The maximum absolute atomic E-state index is 12.4.